The molecule has 1 heterocycles. The predicted molar refractivity (Wildman–Crippen MR) is 92.3 cm³/mol. The zero-order valence-electron chi connectivity index (χ0n) is 12.8. The van der Waals surface area contributed by atoms with Crippen molar-refractivity contribution in [3.05, 3.63) is 29.3 Å². The first kappa shape index (κ1) is 20.2. The highest BCUT2D eigenvalue weighted by atomic mass is 35.5. The quantitative estimate of drug-likeness (QED) is 0.852. The number of rotatable bonds is 4. The molecular formula is C14H21Cl2N3O3S. The first-order chi connectivity index (χ1) is 10.3. The summed E-state index contributed by atoms with van der Waals surface area (Å²) in [4.78, 5) is 13.7. The minimum Gasteiger partial charge on any atom is -0.340 e. The number of carbonyl (C=O) groups is 1. The van der Waals surface area contributed by atoms with Gasteiger partial charge in [-0.25, -0.2) is 8.42 Å². The van der Waals surface area contributed by atoms with Crippen molar-refractivity contribution in [1.29, 1.82) is 0 Å². The Hall–Kier alpha value is -0.860. The van der Waals surface area contributed by atoms with E-state index in [1.807, 2.05) is 0 Å². The molecule has 1 aromatic carbocycles. The van der Waals surface area contributed by atoms with E-state index in [1.54, 1.807) is 30.0 Å². The van der Waals surface area contributed by atoms with E-state index in [9.17, 15) is 13.2 Å². The summed E-state index contributed by atoms with van der Waals surface area (Å²) in [6.07, 6.45) is 0.275. The lowest BCUT2D eigenvalue weighted by Gasteiger charge is -2.34. The second kappa shape index (κ2) is 8.30. The van der Waals surface area contributed by atoms with Crippen LogP contribution in [0.1, 0.15) is 13.3 Å². The summed E-state index contributed by atoms with van der Waals surface area (Å²) in [6.45, 7) is 3.04. The Balaban J connectivity index is 0.00000264. The maximum absolute atomic E-state index is 12.6. The monoisotopic (exact) mass is 381 g/mol. The number of nitrogens with two attached hydrogens (primary N) is 1. The largest absolute Gasteiger partial charge is 0.340 e. The van der Waals surface area contributed by atoms with Crippen molar-refractivity contribution in [1.82, 2.24) is 9.21 Å². The van der Waals surface area contributed by atoms with Gasteiger partial charge in [0.15, 0.2) is 0 Å². The summed E-state index contributed by atoms with van der Waals surface area (Å²) < 4.78 is 26.5. The summed E-state index contributed by atoms with van der Waals surface area (Å²) in [5, 5.41) is 0.206. The molecule has 2 N–H and O–H groups in total. The summed E-state index contributed by atoms with van der Waals surface area (Å²) in [5.74, 6) is -0.0372. The summed E-state index contributed by atoms with van der Waals surface area (Å²) in [6, 6.07) is 6.17. The molecule has 2 rings (SSSR count). The first-order valence-corrected chi connectivity index (χ1v) is 8.92. The fraction of sp³-hybridized carbons (Fsp3) is 0.500. The lowest BCUT2D eigenvalue weighted by molar-refractivity contribution is -0.132. The summed E-state index contributed by atoms with van der Waals surface area (Å²) in [5.41, 5.74) is 5.62. The molecule has 9 heteroatoms. The van der Waals surface area contributed by atoms with Gasteiger partial charge in [-0.2, -0.15) is 4.31 Å². The van der Waals surface area contributed by atoms with Crippen LogP contribution in [0.3, 0.4) is 0 Å². The Morgan fingerprint density at radius 1 is 1.26 bits per heavy atom. The Bertz CT molecular complexity index is 644. The van der Waals surface area contributed by atoms with Crippen LogP contribution in [-0.2, 0) is 14.8 Å². The minimum absolute atomic E-state index is 0. The fourth-order valence-electron chi connectivity index (χ4n) is 2.38. The maximum Gasteiger partial charge on any atom is 0.244 e. The molecule has 1 aromatic rings. The van der Waals surface area contributed by atoms with E-state index in [0.29, 0.717) is 13.1 Å². The number of halogens is 2. The van der Waals surface area contributed by atoms with Gasteiger partial charge in [0.05, 0.1) is 5.02 Å². The van der Waals surface area contributed by atoms with Gasteiger partial charge < -0.3 is 10.6 Å². The first-order valence-electron chi connectivity index (χ1n) is 7.10. The molecule has 1 atom stereocenters. The van der Waals surface area contributed by atoms with Gasteiger partial charge in [0.2, 0.25) is 15.9 Å². The molecule has 0 spiro atoms. The highest BCUT2D eigenvalue weighted by Gasteiger charge is 2.31. The molecule has 1 saturated heterocycles. The van der Waals surface area contributed by atoms with Crippen LogP contribution in [0.4, 0.5) is 0 Å². The Kier molecular flexibility index (Phi) is 7.29. The fourth-order valence-corrected chi connectivity index (χ4v) is 4.29. The number of sulfonamides is 1. The van der Waals surface area contributed by atoms with E-state index in [1.165, 1.54) is 10.4 Å². The molecule has 1 fully saturated rings. The number of hydrogen-bond acceptors (Lipinski definition) is 4. The zero-order chi connectivity index (χ0) is 16.3. The normalized spacial score (nSPS) is 17.4. The Morgan fingerprint density at radius 2 is 1.83 bits per heavy atom. The topological polar surface area (TPSA) is 83.7 Å². The molecule has 6 nitrogen and oxygen atoms in total. The van der Waals surface area contributed by atoms with E-state index in [0.717, 1.165) is 0 Å². The van der Waals surface area contributed by atoms with Crippen molar-refractivity contribution in [3.63, 3.8) is 0 Å². The molecular weight excluding hydrogens is 361 g/mol. The van der Waals surface area contributed by atoms with Crippen molar-refractivity contribution >= 4 is 39.9 Å². The van der Waals surface area contributed by atoms with Gasteiger partial charge in [-0.3, -0.25) is 4.79 Å². The highest BCUT2D eigenvalue weighted by Crippen LogP contribution is 2.25. The van der Waals surface area contributed by atoms with Crippen molar-refractivity contribution in [3.8, 4) is 0 Å². The predicted octanol–water partition coefficient (Wildman–Crippen LogP) is 1.33. The third-order valence-electron chi connectivity index (χ3n) is 3.54. The van der Waals surface area contributed by atoms with Crippen LogP contribution in [0.15, 0.2) is 29.2 Å². The van der Waals surface area contributed by atoms with E-state index < -0.39 is 10.0 Å². The van der Waals surface area contributed by atoms with E-state index in [4.69, 9.17) is 17.3 Å². The third-order valence-corrected chi connectivity index (χ3v) is 5.94. The lowest BCUT2D eigenvalue weighted by atomic mass is 10.2. The Labute approximate surface area is 148 Å². The van der Waals surface area contributed by atoms with Gasteiger partial charge in [0, 0.05) is 38.6 Å². The van der Waals surface area contributed by atoms with Crippen LogP contribution in [-0.4, -0.2) is 55.8 Å². The van der Waals surface area contributed by atoms with Crippen molar-refractivity contribution < 1.29 is 13.2 Å². The zero-order valence-corrected chi connectivity index (χ0v) is 15.2. The molecule has 1 aliphatic rings. The van der Waals surface area contributed by atoms with Crippen LogP contribution in [0.25, 0.3) is 0 Å². The third kappa shape index (κ3) is 4.81. The van der Waals surface area contributed by atoms with Crippen LogP contribution < -0.4 is 5.73 Å². The van der Waals surface area contributed by atoms with Crippen molar-refractivity contribution in [2.75, 3.05) is 26.2 Å². The molecule has 1 aliphatic heterocycles. The van der Waals surface area contributed by atoms with Crippen LogP contribution in [0.2, 0.25) is 5.02 Å². The number of amides is 1. The smallest absolute Gasteiger partial charge is 0.244 e. The molecule has 0 aromatic heterocycles. The second-order valence-corrected chi connectivity index (χ2v) is 7.71. The second-order valence-electron chi connectivity index (χ2n) is 5.40. The number of benzene rings is 1. The van der Waals surface area contributed by atoms with Crippen molar-refractivity contribution in [2.45, 2.75) is 24.3 Å². The molecule has 23 heavy (non-hydrogen) atoms. The molecule has 0 bridgehead atoms. The number of hydrogen-bond donors (Lipinski definition) is 1. The molecule has 1 amide bonds. The average Bonchev–Trinajstić information content (AvgIpc) is 2.47. The standard InChI is InChI=1S/C14H20ClN3O3S.ClH/c1-11(16)10-14(19)17-6-8-18(9-7-17)22(20,21)13-5-3-2-4-12(13)15;/h2-5,11H,6-10,16H2,1H3;1H. The van der Waals surface area contributed by atoms with Gasteiger partial charge in [0.25, 0.3) is 0 Å². The van der Waals surface area contributed by atoms with Crippen LogP contribution >= 0.6 is 24.0 Å². The average molecular weight is 382 g/mol. The lowest BCUT2D eigenvalue weighted by Crippen LogP contribution is -2.51. The number of nitrogens with zero attached hydrogens (tertiary/aromatic N) is 2. The highest BCUT2D eigenvalue weighted by molar-refractivity contribution is 7.89. The van der Waals surface area contributed by atoms with Crippen LogP contribution in [0.5, 0.6) is 0 Å². The molecule has 130 valence electrons. The maximum atomic E-state index is 12.6. The van der Waals surface area contributed by atoms with E-state index >= 15 is 0 Å². The van der Waals surface area contributed by atoms with Gasteiger partial charge in [0.1, 0.15) is 4.90 Å². The summed E-state index contributed by atoms with van der Waals surface area (Å²) in [7, 11) is -3.63. The van der Waals surface area contributed by atoms with Gasteiger partial charge >= 0.3 is 0 Å². The SMILES string of the molecule is CC(N)CC(=O)N1CCN(S(=O)(=O)c2ccccc2Cl)CC1.Cl. The molecule has 0 saturated carbocycles. The Morgan fingerprint density at radius 3 is 2.35 bits per heavy atom. The molecule has 0 aliphatic carbocycles. The van der Waals surface area contributed by atoms with Gasteiger partial charge in [-0.15, -0.1) is 12.4 Å². The molecule has 0 radical (unpaired) electrons. The van der Waals surface area contributed by atoms with E-state index in [-0.39, 0.29) is 53.8 Å². The van der Waals surface area contributed by atoms with Crippen molar-refractivity contribution in [2.24, 2.45) is 5.73 Å². The number of piperazine rings is 1. The number of carbonyl (C=O) groups excluding carboxylic acids is 1. The minimum atomic E-state index is -3.63. The van der Waals surface area contributed by atoms with Gasteiger partial charge in [-0.05, 0) is 19.1 Å². The van der Waals surface area contributed by atoms with E-state index in [2.05, 4.69) is 0 Å². The molecule has 1 unspecified atom stereocenters. The summed E-state index contributed by atoms with van der Waals surface area (Å²) >= 11 is 5.98. The van der Waals surface area contributed by atoms with Gasteiger partial charge in [-0.1, -0.05) is 23.7 Å². The van der Waals surface area contributed by atoms with Crippen LogP contribution in [0, 0.1) is 0 Å².